The summed E-state index contributed by atoms with van der Waals surface area (Å²) in [6.07, 6.45) is 2.26. The normalized spacial score (nSPS) is 27.1. The summed E-state index contributed by atoms with van der Waals surface area (Å²) in [7, 11) is 0. The molecule has 0 unspecified atom stereocenters. The van der Waals surface area contributed by atoms with Gasteiger partial charge in [0.05, 0.1) is 14.6 Å². The first-order valence-electron chi connectivity index (χ1n) is 8.31. The van der Waals surface area contributed by atoms with E-state index in [1.807, 2.05) is 0 Å². The van der Waals surface area contributed by atoms with E-state index in [1.54, 1.807) is 12.1 Å². The van der Waals surface area contributed by atoms with Gasteiger partial charge in [0.15, 0.2) is 5.82 Å². The SMILES string of the molecule is CC1(C)[C@H](NC(=O)c2cc3ccc(Cl)c(F)c3s2)C2CCN1CC2.Cl. The molecule has 0 radical (unpaired) electrons. The Morgan fingerprint density at radius 3 is 2.68 bits per heavy atom. The molecule has 0 saturated carbocycles. The third-order valence-electron chi connectivity index (χ3n) is 5.68. The topological polar surface area (TPSA) is 32.3 Å². The summed E-state index contributed by atoms with van der Waals surface area (Å²) >= 11 is 7.01. The van der Waals surface area contributed by atoms with Crippen LogP contribution in [0.25, 0.3) is 10.1 Å². The summed E-state index contributed by atoms with van der Waals surface area (Å²) in [5, 5.41) is 4.04. The number of amides is 1. The van der Waals surface area contributed by atoms with Crippen LogP contribution in [0.2, 0.25) is 5.02 Å². The smallest absolute Gasteiger partial charge is 0.261 e. The zero-order valence-electron chi connectivity index (χ0n) is 14.1. The van der Waals surface area contributed by atoms with Crippen molar-refractivity contribution in [3.63, 3.8) is 0 Å². The van der Waals surface area contributed by atoms with Crippen molar-refractivity contribution in [3.8, 4) is 0 Å². The van der Waals surface area contributed by atoms with Gasteiger partial charge in [-0.2, -0.15) is 0 Å². The molecule has 1 atom stereocenters. The second-order valence-electron chi connectivity index (χ2n) is 7.32. The Morgan fingerprint density at radius 2 is 2.04 bits per heavy atom. The first kappa shape index (κ1) is 18.9. The quantitative estimate of drug-likeness (QED) is 0.787. The molecule has 0 spiro atoms. The van der Waals surface area contributed by atoms with Crippen LogP contribution in [-0.4, -0.2) is 35.5 Å². The Balaban J connectivity index is 0.00000182. The van der Waals surface area contributed by atoms with E-state index in [0.717, 1.165) is 31.3 Å². The fraction of sp³-hybridized carbons (Fsp3) is 0.500. The molecule has 4 heterocycles. The molecule has 0 aliphatic carbocycles. The van der Waals surface area contributed by atoms with Crippen molar-refractivity contribution >= 4 is 51.3 Å². The number of hydrogen-bond donors (Lipinski definition) is 1. The van der Waals surface area contributed by atoms with Gasteiger partial charge in [-0.1, -0.05) is 17.7 Å². The van der Waals surface area contributed by atoms with Crippen LogP contribution in [0.4, 0.5) is 4.39 Å². The van der Waals surface area contributed by atoms with Gasteiger partial charge in [0.1, 0.15) is 0 Å². The molecule has 1 aromatic carbocycles. The number of carbonyl (C=O) groups is 1. The van der Waals surface area contributed by atoms with Gasteiger partial charge in [-0.05, 0) is 63.2 Å². The lowest BCUT2D eigenvalue weighted by atomic mass is 9.72. The molecule has 5 rings (SSSR count). The van der Waals surface area contributed by atoms with Crippen LogP contribution in [0.1, 0.15) is 36.4 Å². The molecule has 1 N–H and O–H groups in total. The highest BCUT2D eigenvalue weighted by molar-refractivity contribution is 7.20. The van der Waals surface area contributed by atoms with Crippen molar-refractivity contribution in [2.24, 2.45) is 5.92 Å². The summed E-state index contributed by atoms with van der Waals surface area (Å²) in [6.45, 7) is 6.62. The monoisotopic (exact) mass is 402 g/mol. The maximum Gasteiger partial charge on any atom is 0.261 e. The van der Waals surface area contributed by atoms with E-state index in [4.69, 9.17) is 11.6 Å². The highest BCUT2D eigenvalue weighted by Gasteiger charge is 2.48. The molecule has 7 heteroatoms. The summed E-state index contributed by atoms with van der Waals surface area (Å²) in [4.78, 5) is 15.8. The number of carbonyl (C=O) groups excluding carboxylic acids is 1. The van der Waals surface area contributed by atoms with E-state index in [0.29, 0.717) is 15.5 Å². The molecule has 3 aliphatic heterocycles. The molecule has 2 aromatic rings. The second-order valence-corrected chi connectivity index (χ2v) is 8.78. The van der Waals surface area contributed by atoms with Crippen molar-refractivity contribution in [1.29, 1.82) is 0 Å². The number of nitrogens with one attached hydrogen (secondary N) is 1. The zero-order chi connectivity index (χ0) is 17.1. The highest BCUT2D eigenvalue weighted by Crippen LogP contribution is 2.39. The number of thiophene rings is 1. The third-order valence-corrected chi connectivity index (χ3v) is 7.11. The molecule has 3 saturated heterocycles. The van der Waals surface area contributed by atoms with Gasteiger partial charge < -0.3 is 5.32 Å². The molecule has 2 bridgehead atoms. The van der Waals surface area contributed by atoms with Gasteiger partial charge >= 0.3 is 0 Å². The first-order valence-corrected chi connectivity index (χ1v) is 9.51. The molecular weight excluding hydrogens is 382 g/mol. The molecule has 136 valence electrons. The Morgan fingerprint density at radius 1 is 1.36 bits per heavy atom. The average Bonchev–Trinajstić information content (AvgIpc) is 3.00. The van der Waals surface area contributed by atoms with Crippen LogP contribution in [0.5, 0.6) is 0 Å². The number of rotatable bonds is 2. The highest BCUT2D eigenvalue weighted by atomic mass is 35.5. The minimum atomic E-state index is -0.443. The first-order chi connectivity index (χ1) is 11.4. The Kier molecular flexibility index (Phi) is 5.06. The van der Waals surface area contributed by atoms with E-state index in [2.05, 4.69) is 24.1 Å². The molecule has 25 heavy (non-hydrogen) atoms. The van der Waals surface area contributed by atoms with Crippen molar-refractivity contribution in [2.45, 2.75) is 38.3 Å². The summed E-state index contributed by atoms with van der Waals surface area (Å²) in [5.74, 6) is -0.0329. The summed E-state index contributed by atoms with van der Waals surface area (Å²) in [5.41, 5.74) is -0.0396. The van der Waals surface area contributed by atoms with E-state index in [1.165, 1.54) is 17.4 Å². The Bertz CT molecular complexity index is 815. The fourth-order valence-corrected chi connectivity index (χ4v) is 5.46. The lowest BCUT2D eigenvalue weighted by molar-refractivity contribution is -0.0377. The summed E-state index contributed by atoms with van der Waals surface area (Å²) < 4.78 is 14.6. The number of fused-ring (bicyclic) bond motifs is 4. The minimum absolute atomic E-state index is 0. The maximum absolute atomic E-state index is 14.1. The largest absolute Gasteiger partial charge is 0.346 e. The molecule has 3 nitrogen and oxygen atoms in total. The van der Waals surface area contributed by atoms with Crippen LogP contribution < -0.4 is 5.32 Å². The van der Waals surface area contributed by atoms with Gasteiger partial charge in [0.25, 0.3) is 5.91 Å². The number of piperidine rings is 3. The van der Waals surface area contributed by atoms with Gasteiger partial charge in [-0.3, -0.25) is 9.69 Å². The predicted molar refractivity (Wildman–Crippen MR) is 104 cm³/mol. The average molecular weight is 403 g/mol. The molecule has 3 fully saturated rings. The van der Waals surface area contributed by atoms with Crippen molar-refractivity contribution in [1.82, 2.24) is 10.2 Å². The van der Waals surface area contributed by atoms with Crippen LogP contribution in [0.3, 0.4) is 0 Å². The lowest BCUT2D eigenvalue weighted by Crippen LogP contribution is -2.69. The fourth-order valence-electron chi connectivity index (χ4n) is 4.25. The second kappa shape index (κ2) is 6.69. The van der Waals surface area contributed by atoms with Crippen molar-refractivity contribution < 1.29 is 9.18 Å². The van der Waals surface area contributed by atoms with Crippen molar-refractivity contribution in [3.05, 3.63) is 33.9 Å². The number of benzene rings is 1. The Labute approximate surface area is 161 Å². The van der Waals surface area contributed by atoms with Gasteiger partial charge in [0.2, 0.25) is 0 Å². The molecular formula is C18H21Cl2FN2OS. The van der Waals surface area contributed by atoms with E-state index in [-0.39, 0.29) is 34.9 Å². The van der Waals surface area contributed by atoms with E-state index in [9.17, 15) is 9.18 Å². The van der Waals surface area contributed by atoms with Gasteiger partial charge in [-0.15, -0.1) is 23.7 Å². The maximum atomic E-state index is 14.1. The summed E-state index contributed by atoms with van der Waals surface area (Å²) in [6, 6.07) is 5.17. The minimum Gasteiger partial charge on any atom is -0.346 e. The van der Waals surface area contributed by atoms with Crippen molar-refractivity contribution in [2.75, 3.05) is 13.1 Å². The predicted octanol–water partition coefficient (Wildman–Crippen LogP) is 4.72. The third kappa shape index (κ3) is 3.05. The standard InChI is InChI=1S/C18H20ClFN2OS.ClH/c1-18(2)16(10-5-7-22(18)8-6-10)21-17(23)13-9-11-3-4-12(19)14(20)15(11)24-13;/h3-4,9-10,16H,5-8H2,1-2H3,(H,21,23);1H/t16-;/m1./s1. The molecule has 1 amide bonds. The number of nitrogens with zero attached hydrogens (tertiary/aromatic N) is 1. The molecule has 1 aromatic heterocycles. The van der Waals surface area contributed by atoms with Crippen LogP contribution >= 0.6 is 35.3 Å². The van der Waals surface area contributed by atoms with Gasteiger partial charge in [0, 0.05) is 11.6 Å². The lowest BCUT2D eigenvalue weighted by Gasteiger charge is -2.56. The van der Waals surface area contributed by atoms with E-state index < -0.39 is 5.82 Å². The Hall–Kier alpha value is -0.880. The van der Waals surface area contributed by atoms with Crippen LogP contribution in [0, 0.1) is 11.7 Å². The van der Waals surface area contributed by atoms with Crippen LogP contribution in [-0.2, 0) is 0 Å². The van der Waals surface area contributed by atoms with E-state index >= 15 is 0 Å². The van der Waals surface area contributed by atoms with Crippen LogP contribution in [0.15, 0.2) is 18.2 Å². The number of hydrogen-bond acceptors (Lipinski definition) is 3. The van der Waals surface area contributed by atoms with Gasteiger partial charge in [-0.25, -0.2) is 4.39 Å². The molecule has 3 aliphatic rings. The zero-order valence-corrected chi connectivity index (χ0v) is 16.5. The number of halogens is 3.